The van der Waals surface area contributed by atoms with Crippen LogP contribution in [0.2, 0.25) is 10.0 Å². The standard InChI is InChI=1S/C14H16Cl2N2O3S/c1-2-21-11(19)8-17-14(20)18-6-7-22-13(18)9-4-3-5-10(15)12(9)16/h3-5,13H,2,6-8H2,1H3,(H,17,20). The summed E-state index contributed by atoms with van der Waals surface area (Å²) < 4.78 is 4.79. The third-order valence-electron chi connectivity index (χ3n) is 3.09. The first-order chi connectivity index (χ1) is 10.5. The zero-order valence-electron chi connectivity index (χ0n) is 12.0. The van der Waals surface area contributed by atoms with Gasteiger partial charge in [0.2, 0.25) is 0 Å². The minimum absolute atomic E-state index is 0.149. The lowest BCUT2D eigenvalue weighted by atomic mass is 10.2. The summed E-state index contributed by atoms with van der Waals surface area (Å²) in [6.07, 6.45) is 0. The molecule has 2 rings (SSSR count). The lowest BCUT2D eigenvalue weighted by molar-refractivity contribution is -0.141. The molecule has 1 atom stereocenters. The highest BCUT2D eigenvalue weighted by atomic mass is 35.5. The maximum atomic E-state index is 12.3. The number of benzene rings is 1. The Morgan fingerprint density at radius 1 is 1.45 bits per heavy atom. The summed E-state index contributed by atoms with van der Waals surface area (Å²) in [7, 11) is 0. The highest BCUT2D eigenvalue weighted by Gasteiger charge is 2.32. The van der Waals surface area contributed by atoms with E-state index >= 15 is 0 Å². The molecule has 0 aromatic heterocycles. The molecule has 0 bridgehead atoms. The molecule has 0 aliphatic carbocycles. The molecule has 120 valence electrons. The molecule has 8 heteroatoms. The maximum absolute atomic E-state index is 12.3. The van der Waals surface area contributed by atoms with Gasteiger partial charge in [-0.25, -0.2) is 4.79 Å². The van der Waals surface area contributed by atoms with Crippen molar-refractivity contribution in [3.63, 3.8) is 0 Å². The van der Waals surface area contributed by atoms with Crippen molar-refractivity contribution in [2.45, 2.75) is 12.3 Å². The second kappa shape index (κ2) is 7.94. The molecule has 1 fully saturated rings. The number of thioether (sulfide) groups is 1. The first-order valence-electron chi connectivity index (χ1n) is 6.80. The van der Waals surface area contributed by atoms with E-state index in [0.717, 1.165) is 11.3 Å². The third kappa shape index (κ3) is 4.00. The summed E-state index contributed by atoms with van der Waals surface area (Å²) in [6.45, 7) is 2.43. The average molecular weight is 363 g/mol. The van der Waals surface area contributed by atoms with Crippen LogP contribution in [0.4, 0.5) is 4.79 Å². The number of hydrogen-bond acceptors (Lipinski definition) is 4. The Hall–Kier alpha value is -1.11. The van der Waals surface area contributed by atoms with Gasteiger partial charge >= 0.3 is 12.0 Å². The number of nitrogens with one attached hydrogen (secondary N) is 1. The molecule has 1 aromatic carbocycles. The van der Waals surface area contributed by atoms with Crippen molar-refractivity contribution in [1.29, 1.82) is 0 Å². The molecule has 1 saturated heterocycles. The fraction of sp³-hybridized carbons (Fsp3) is 0.429. The summed E-state index contributed by atoms with van der Waals surface area (Å²) in [4.78, 5) is 25.2. The van der Waals surface area contributed by atoms with Crippen LogP contribution in [0.25, 0.3) is 0 Å². The molecule has 2 amide bonds. The highest BCUT2D eigenvalue weighted by molar-refractivity contribution is 7.99. The van der Waals surface area contributed by atoms with Crippen molar-refractivity contribution in [1.82, 2.24) is 10.2 Å². The van der Waals surface area contributed by atoms with Crippen molar-refractivity contribution in [2.24, 2.45) is 0 Å². The molecule has 0 radical (unpaired) electrons. The molecule has 22 heavy (non-hydrogen) atoms. The second-order valence-corrected chi connectivity index (χ2v) is 6.50. The van der Waals surface area contributed by atoms with Crippen molar-refractivity contribution in [2.75, 3.05) is 25.4 Å². The summed E-state index contributed by atoms with van der Waals surface area (Å²) in [6, 6.07) is 5.04. The highest BCUT2D eigenvalue weighted by Crippen LogP contribution is 2.42. The van der Waals surface area contributed by atoms with E-state index in [-0.39, 0.29) is 24.6 Å². The molecule has 1 aliphatic rings. The maximum Gasteiger partial charge on any atom is 0.325 e. The number of nitrogens with zero attached hydrogens (tertiary/aromatic N) is 1. The summed E-state index contributed by atoms with van der Waals surface area (Å²) >= 11 is 13.9. The van der Waals surface area contributed by atoms with Gasteiger partial charge in [0.1, 0.15) is 11.9 Å². The minimum atomic E-state index is -0.458. The Morgan fingerprint density at radius 2 is 2.23 bits per heavy atom. The first-order valence-corrected chi connectivity index (χ1v) is 8.60. The van der Waals surface area contributed by atoms with Gasteiger partial charge in [-0.15, -0.1) is 11.8 Å². The number of carbonyl (C=O) groups excluding carboxylic acids is 2. The number of carbonyl (C=O) groups is 2. The SMILES string of the molecule is CCOC(=O)CNC(=O)N1CCSC1c1cccc(Cl)c1Cl. The van der Waals surface area contributed by atoms with Gasteiger partial charge < -0.3 is 15.0 Å². The van der Waals surface area contributed by atoms with E-state index in [2.05, 4.69) is 5.32 Å². The summed E-state index contributed by atoms with van der Waals surface area (Å²) in [5, 5.41) is 3.26. The Labute approximate surface area is 143 Å². The minimum Gasteiger partial charge on any atom is -0.465 e. The molecular weight excluding hydrogens is 347 g/mol. The van der Waals surface area contributed by atoms with Crippen molar-refractivity contribution in [3.8, 4) is 0 Å². The van der Waals surface area contributed by atoms with E-state index < -0.39 is 5.97 Å². The molecule has 1 N–H and O–H groups in total. The van der Waals surface area contributed by atoms with Gasteiger partial charge in [-0.3, -0.25) is 4.79 Å². The predicted molar refractivity (Wildman–Crippen MR) is 88.4 cm³/mol. The van der Waals surface area contributed by atoms with E-state index in [4.69, 9.17) is 27.9 Å². The zero-order chi connectivity index (χ0) is 16.1. The fourth-order valence-corrected chi connectivity index (χ4v) is 3.87. The van der Waals surface area contributed by atoms with Crippen LogP contribution in [0.1, 0.15) is 17.9 Å². The first kappa shape index (κ1) is 17.2. The van der Waals surface area contributed by atoms with Crippen LogP contribution in [0.5, 0.6) is 0 Å². The van der Waals surface area contributed by atoms with E-state index in [0.29, 0.717) is 16.6 Å². The largest absolute Gasteiger partial charge is 0.465 e. The smallest absolute Gasteiger partial charge is 0.325 e. The number of halogens is 2. The van der Waals surface area contributed by atoms with E-state index in [1.807, 2.05) is 6.07 Å². The quantitative estimate of drug-likeness (QED) is 0.834. The van der Waals surface area contributed by atoms with Gasteiger partial charge in [0.05, 0.1) is 16.7 Å². The van der Waals surface area contributed by atoms with Crippen LogP contribution in [0, 0.1) is 0 Å². The Kier molecular flexibility index (Phi) is 6.23. The van der Waals surface area contributed by atoms with Crippen LogP contribution in [0.15, 0.2) is 18.2 Å². The number of hydrogen-bond donors (Lipinski definition) is 1. The van der Waals surface area contributed by atoms with Crippen molar-refractivity contribution in [3.05, 3.63) is 33.8 Å². The normalized spacial score (nSPS) is 17.4. The van der Waals surface area contributed by atoms with Gasteiger partial charge in [0.15, 0.2) is 0 Å². The van der Waals surface area contributed by atoms with Crippen LogP contribution < -0.4 is 5.32 Å². The fourth-order valence-electron chi connectivity index (χ4n) is 2.11. The zero-order valence-corrected chi connectivity index (χ0v) is 14.3. The molecule has 1 heterocycles. The van der Waals surface area contributed by atoms with Gasteiger partial charge in [0, 0.05) is 17.9 Å². The number of rotatable bonds is 4. The second-order valence-electron chi connectivity index (χ2n) is 4.52. The summed E-state index contributed by atoms with van der Waals surface area (Å²) in [5.41, 5.74) is 0.794. The molecule has 1 unspecified atom stereocenters. The van der Waals surface area contributed by atoms with E-state index in [1.165, 1.54) is 0 Å². The summed E-state index contributed by atoms with van der Waals surface area (Å²) in [5.74, 6) is 0.334. The van der Waals surface area contributed by atoms with Gasteiger partial charge in [-0.05, 0) is 13.0 Å². The molecule has 0 saturated carbocycles. The molecule has 1 aliphatic heterocycles. The van der Waals surface area contributed by atoms with Crippen molar-refractivity contribution < 1.29 is 14.3 Å². The van der Waals surface area contributed by atoms with E-state index in [9.17, 15) is 9.59 Å². The molecular formula is C14H16Cl2N2O3S. The molecule has 0 spiro atoms. The van der Waals surface area contributed by atoms with Crippen LogP contribution >= 0.6 is 35.0 Å². The lowest BCUT2D eigenvalue weighted by Gasteiger charge is -2.25. The lowest BCUT2D eigenvalue weighted by Crippen LogP contribution is -2.42. The number of urea groups is 1. The predicted octanol–water partition coefficient (Wildman–Crippen LogP) is 3.31. The van der Waals surface area contributed by atoms with Crippen LogP contribution in [-0.2, 0) is 9.53 Å². The van der Waals surface area contributed by atoms with Crippen LogP contribution in [-0.4, -0.2) is 42.3 Å². The Bertz CT molecular complexity index is 571. The number of esters is 1. The molecule has 5 nitrogen and oxygen atoms in total. The van der Waals surface area contributed by atoms with Crippen molar-refractivity contribution >= 4 is 47.0 Å². The topological polar surface area (TPSA) is 58.6 Å². The molecule has 1 aromatic rings. The number of amides is 2. The number of ether oxygens (including phenoxy) is 1. The van der Waals surface area contributed by atoms with Gasteiger partial charge in [-0.2, -0.15) is 0 Å². The van der Waals surface area contributed by atoms with Crippen LogP contribution in [0.3, 0.4) is 0 Å². The van der Waals surface area contributed by atoms with E-state index in [1.54, 1.807) is 35.7 Å². The third-order valence-corrected chi connectivity index (χ3v) is 5.16. The van der Waals surface area contributed by atoms with Gasteiger partial charge in [0.25, 0.3) is 0 Å². The monoisotopic (exact) mass is 362 g/mol. The Balaban J connectivity index is 2.05. The average Bonchev–Trinajstić information content (AvgIpc) is 2.97. The van der Waals surface area contributed by atoms with Gasteiger partial charge in [-0.1, -0.05) is 35.3 Å². The Morgan fingerprint density at radius 3 is 2.95 bits per heavy atom.